The fourth-order valence-electron chi connectivity index (χ4n) is 6.69. The molecule has 366 valence electrons. The summed E-state index contributed by atoms with van der Waals surface area (Å²) in [6.45, 7) is 6.36. The summed E-state index contributed by atoms with van der Waals surface area (Å²) in [5, 5.41) is 0. The van der Waals surface area contributed by atoms with Gasteiger partial charge in [-0.25, -0.2) is 0 Å². The number of hydrogen-bond donors (Lipinski definition) is 0. The van der Waals surface area contributed by atoms with E-state index in [1.807, 2.05) is 72.9 Å². The van der Waals surface area contributed by atoms with E-state index >= 15 is 0 Å². The minimum absolute atomic E-state index is 0.109. The normalized spacial score (nSPS) is 13.1. The second-order valence-corrected chi connectivity index (χ2v) is 16.9. The molecular formula is C59H94O6. The fourth-order valence-corrected chi connectivity index (χ4v) is 6.69. The van der Waals surface area contributed by atoms with Crippen molar-refractivity contribution < 1.29 is 28.6 Å². The maximum absolute atomic E-state index is 12.8. The van der Waals surface area contributed by atoms with Crippen LogP contribution >= 0.6 is 0 Å². The highest BCUT2D eigenvalue weighted by molar-refractivity contribution is 5.71. The van der Waals surface area contributed by atoms with Crippen LogP contribution in [-0.4, -0.2) is 37.2 Å². The van der Waals surface area contributed by atoms with Gasteiger partial charge in [0.1, 0.15) is 13.2 Å². The highest BCUT2D eigenvalue weighted by Crippen LogP contribution is 2.13. The Morgan fingerprint density at radius 2 is 0.631 bits per heavy atom. The van der Waals surface area contributed by atoms with Crippen molar-refractivity contribution in [3.8, 4) is 0 Å². The summed E-state index contributed by atoms with van der Waals surface area (Å²) >= 11 is 0. The monoisotopic (exact) mass is 899 g/mol. The lowest BCUT2D eigenvalue weighted by molar-refractivity contribution is -0.167. The Hall–Kier alpha value is -4.19. The van der Waals surface area contributed by atoms with Crippen LogP contribution in [0.4, 0.5) is 0 Å². The first kappa shape index (κ1) is 60.8. The largest absolute Gasteiger partial charge is 0.462 e. The van der Waals surface area contributed by atoms with Gasteiger partial charge in [-0.15, -0.1) is 0 Å². The van der Waals surface area contributed by atoms with Crippen molar-refractivity contribution in [1.29, 1.82) is 0 Å². The third kappa shape index (κ3) is 50.7. The van der Waals surface area contributed by atoms with Gasteiger partial charge in [-0.2, -0.15) is 0 Å². The van der Waals surface area contributed by atoms with Crippen LogP contribution in [0, 0.1) is 0 Å². The molecule has 0 aromatic rings. The van der Waals surface area contributed by atoms with Crippen molar-refractivity contribution in [1.82, 2.24) is 0 Å². The predicted molar refractivity (Wildman–Crippen MR) is 279 cm³/mol. The first-order valence-corrected chi connectivity index (χ1v) is 26.2. The topological polar surface area (TPSA) is 78.9 Å². The molecule has 0 radical (unpaired) electrons. The zero-order valence-corrected chi connectivity index (χ0v) is 41.7. The van der Waals surface area contributed by atoms with Crippen LogP contribution in [0.25, 0.3) is 0 Å². The zero-order chi connectivity index (χ0) is 47.2. The molecule has 0 aromatic carbocycles. The van der Waals surface area contributed by atoms with Crippen LogP contribution in [0.1, 0.15) is 213 Å². The summed E-state index contributed by atoms with van der Waals surface area (Å²) in [7, 11) is 0. The molecule has 0 aromatic heterocycles. The molecule has 0 fully saturated rings. The first-order valence-electron chi connectivity index (χ1n) is 26.2. The summed E-state index contributed by atoms with van der Waals surface area (Å²) in [4.78, 5) is 37.9. The van der Waals surface area contributed by atoms with E-state index in [0.29, 0.717) is 19.3 Å². The van der Waals surface area contributed by atoms with E-state index in [2.05, 4.69) is 69.4 Å². The van der Waals surface area contributed by atoms with Gasteiger partial charge >= 0.3 is 17.9 Å². The van der Waals surface area contributed by atoms with Crippen molar-refractivity contribution in [2.45, 2.75) is 219 Å². The van der Waals surface area contributed by atoms with E-state index < -0.39 is 6.10 Å². The summed E-state index contributed by atoms with van der Waals surface area (Å²) in [5.41, 5.74) is 0. The number of carbonyl (C=O) groups is 3. The molecule has 0 amide bonds. The Labute approximate surface area is 399 Å². The number of unbranched alkanes of at least 4 members (excludes halogenated alkanes) is 21. The molecule has 65 heavy (non-hydrogen) atoms. The number of allylic oxidation sites excluding steroid dienone is 20. The van der Waals surface area contributed by atoms with Crippen LogP contribution in [0.15, 0.2) is 122 Å². The molecule has 6 heteroatoms. The van der Waals surface area contributed by atoms with E-state index in [1.54, 1.807) is 0 Å². The number of carbonyl (C=O) groups excluding carboxylic acids is 3. The van der Waals surface area contributed by atoms with E-state index in [-0.39, 0.29) is 31.1 Å². The lowest BCUT2D eigenvalue weighted by Crippen LogP contribution is -2.30. The quantitative estimate of drug-likeness (QED) is 0.0199. The van der Waals surface area contributed by atoms with Gasteiger partial charge in [0, 0.05) is 19.3 Å². The standard InChI is InChI=1S/C59H94O6/c1-4-7-10-13-16-19-22-24-26-28-30-32-33-35-37-40-43-46-49-52-58(61)64-55-56(54-63-57(60)51-48-45-42-39-21-18-15-12-9-6-3)65-59(62)53-50-47-44-41-38-36-34-31-29-27-25-23-20-17-14-11-8-5-2/h7,10,13,15-16,18-19,22,24,26-35,37,56H,4-6,8-9,11-12,14,17,20-21,23,25,36,38-55H2,1-3H3/b10-7-,16-13-,18-15-,22-19-,26-24-,29-27-,30-28+,33-32-,34-31-,37-35-. The third-order valence-corrected chi connectivity index (χ3v) is 10.6. The minimum atomic E-state index is -0.812. The molecular weight excluding hydrogens is 805 g/mol. The summed E-state index contributed by atoms with van der Waals surface area (Å²) in [6.07, 6.45) is 71.8. The minimum Gasteiger partial charge on any atom is -0.462 e. The van der Waals surface area contributed by atoms with Crippen molar-refractivity contribution in [3.05, 3.63) is 122 Å². The molecule has 0 aliphatic heterocycles. The molecule has 0 N–H and O–H groups in total. The van der Waals surface area contributed by atoms with Crippen molar-refractivity contribution in [3.63, 3.8) is 0 Å². The molecule has 1 atom stereocenters. The van der Waals surface area contributed by atoms with Crippen LogP contribution in [0.5, 0.6) is 0 Å². The molecule has 0 bridgehead atoms. The number of rotatable bonds is 45. The van der Waals surface area contributed by atoms with Gasteiger partial charge in [-0.05, 0) is 83.5 Å². The SMILES string of the molecule is CC\C=C/C=C\C=C/C=C\C=C\C=C/C=C\CCCCCC(=O)OCC(COC(=O)CCCCCC/C=C\CCCC)OC(=O)CCCCCCC/C=C\C=C/CCCCCCCCC. The molecule has 0 rings (SSSR count). The van der Waals surface area contributed by atoms with Gasteiger partial charge in [0.25, 0.3) is 0 Å². The van der Waals surface area contributed by atoms with E-state index in [1.165, 1.54) is 64.2 Å². The highest BCUT2D eigenvalue weighted by atomic mass is 16.6. The van der Waals surface area contributed by atoms with E-state index in [0.717, 1.165) is 109 Å². The maximum atomic E-state index is 12.8. The van der Waals surface area contributed by atoms with Gasteiger partial charge in [-0.3, -0.25) is 14.4 Å². The lowest BCUT2D eigenvalue weighted by atomic mass is 10.1. The summed E-state index contributed by atoms with van der Waals surface area (Å²) < 4.78 is 16.7. The van der Waals surface area contributed by atoms with Crippen molar-refractivity contribution in [2.24, 2.45) is 0 Å². The molecule has 0 heterocycles. The average Bonchev–Trinajstić information content (AvgIpc) is 3.30. The summed E-state index contributed by atoms with van der Waals surface area (Å²) in [6, 6.07) is 0. The Morgan fingerprint density at radius 3 is 1.06 bits per heavy atom. The molecule has 0 saturated heterocycles. The summed E-state index contributed by atoms with van der Waals surface area (Å²) in [5.74, 6) is -0.991. The van der Waals surface area contributed by atoms with Gasteiger partial charge in [0.05, 0.1) is 0 Å². The Kier molecular flexibility index (Phi) is 49.1. The number of hydrogen-bond acceptors (Lipinski definition) is 6. The van der Waals surface area contributed by atoms with Crippen LogP contribution < -0.4 is 0 Å². The molecule has 0 aliphatic rings. The van der Waals surface area contributed by atoms with E-state index in [9.17, 15) is 14.4 Å². The molecule has 0 saturated carbocycles. The van der Waals surface area contributed by atoms with Crippen LogP contribution in [0.3, 0.4) is 0 Å². The predicted octanol–water partition coefficient (Wildman–Crippen LogP) is 17.3. The van der Waals surface area contributed by atoms with Crippen molar-refractivity contribution in [2.75, 3.05) is 13.2 Å². The van der Waals surface area contributed by atoms with Gasteiger partial charge in [0.2, 0.25) is 0 Å². The maximum Gasteiger partial charge on any atom is 0.306 e. The third-order valence-electron chi connectivity index (χ3n) is 10.6. The fraction of sp³-hybridized carbons (Fsp3) is 0.610. The average molecular weight is 899 g/mol. The molecule has 0 aliphatic carbocycles. The van der Waals surface area contributed by atoms with Crippen LogP contribution in [0.2, 0.25) is 0 Å². The van der Waals surface area contributed by atoms with Gasteiger partial charge in [0.15, 0.2) is 6.10 Å². The van der Waals surface area contributed by atoms with Gasteiger partial charge < -0.3 is 14.2 Å². The highest BCUT2D eigenvalue weighted by Gasteiger charge is 2.19. The van der Waals surface area contributed by atoms with Crippen molar-refractivity contribution >= 4 is 17.9 Å². The van der Waals surface area contributed by atoms with Crippen LogP contribution in [-0.2, 0) is 28.6 Å². The second kappa shape index (κ2) is 52.4. The Bertz CT molecular complexity index is 1400. The lowest BCUT2D eigenvalue weighted by Gasteiger charge is -2.18. The molecule has 1 unspecified atom stereocenters. The Morgan fingerprint density at radius 1 is 0.323 bits per heavy atom. The zero-order valence-electron chi connectivity index (χ0n) is 41.7. The molecule has 0 spiro atoms. The Balaban J connectivity index is 4.51. The second-order valence-electron chi connectivity index (χ2n) is 16.9. The van der Waals surface area contributed by atoms with E-state index in [4.69, 9.17) is 14.2 Å². The smallest absolute Gasteiger partial charge is 0.306 e. The van der Waals surface area contributed by atoms with Gasteiger partial charge in [-0.1, -0.05) is 232 Å². The number of esters is 3. The number of ether oxygens (including phenoxy) is 3. The molecule has 6 nitrogen and oxygen atoms in total. The first-order chi connectivity index (χ1) is 32.0.